The summed E-state index contributed by atoms with van der Waals surface area (Å²) in [7, 11) is 1.98. The molecule has 0 saturated heterocycles. The van der Waals surface area contributed by atoms with E-state index in [0.717, 1.165) is 24.9 Å². The van der Waals surface area contributed by atoms with Crippen molar-refractivity contribution in [2.75, 3.05) is 58.6 Å². The number of hydrogen-bond donors (Lipinski definition) is 1. The average Bonchev–Trinajstić information content (AvgIpc) is 2.79. The van der Waals surface area contributed by atoms with Crippen molar-refractivity contribution < 1.29 is 27.8 Å². The number of rotatable bonds is 6. The van der Waals surface area contributed by atoms with Crippen LogP contribution in [0.4, 0.5) is 5.69 Å². The smallest absolute Gasteiger partial charge is 0.258 e. The van der Waals surface area contributed by atoms with Gasteiger partial charge in [0.25, 0.3) is 5.91 Å². The number of benzene rings is 1. The number of hydrogen-bond acceptors (Lipinski definition) is 7. The Hall–Kier alpha value is -1.88. The summed E-state index contributed by atoms with van der Waals surface area (Å²) < 4.78 is 37.8. The molecule has 0 saturated carbocycles. The number of anilines is 1. The van der Waals surface area contributed by atoms with E-state index in [-0.39, 0.29) is 31.1 Å². The Kier molecular flexibility index (Phi) is 10.8. The minimum atomic E-state index is -3.38. The van der Waals surface area contributed by atoms with E-state index in [1.807, 2.05) is 51.0 Å². The highest BCUT2D eigenvalue weighted by molar-refractivity contribution is 7.88. The highest BCUT2D eigenvalue weighted by Gasteiger charge is 2.31. The molecule has 1 aliphatic heterocycles. The fourth-order valence-electron chi connectivity index (χ4n) is 4.04. The molecule has 0 fully saturated rings. The zero-order valence-electron chi connectivity index (χ0n) is 22.2. The van der Waals surface area contributed by atoms with Crippen LogP contribution in [0.3, 0.4) is 0 Å². The Morgan fingerprint density at radius 2 is 1.89 bits per heavy atom. The molecule has 0 unspecified atom stereocenters. The van der Waals surface area contributed by atoms with Crippen molar-refractivity contribution in [1.82, 2.24) is 9.21 Å². The minimum Gasteiger partial charge on any atom is -0.490 e. The normalized spacial score (nSPS) is 23.9. The molecule has 2 rings (SSSR count). The molecule has 1 amide bonds. The Morgan fingerprint density at radius 3 is 2.49 bits per heavy atom. The summed E-state index contributed by atoms with van der Waals surface area (Å²) in [6.45, 7) is 6.51. The number of nitrogens with zero attached hydrogens (tertiary/aromatic N) is 3. The SMILES string of the molecule is C[C@@H]1CCCCO[C@H](CN(C)S(C)(=O)=O)[C@H](C)CN([C@H](C)CO)C(=O)c2cc(N(C)C)ccc2O1. The second-order valence-electron chi connectivity index (χ2n) is 9.92. The Morgan fingerprint density at radius 1 is 1.20 bits per heavy atom. The van der Waals surface area contributed by atoms with Crippen LogP contribution in [-0.4, -0.2) is 101 Å². The van der Waals surface area contributed by atoms with E-state index in [1.165, 1.54) is 17.6 Å². The third-order valence-electron chi connectivity index (χ3n) is 6.55. The molecule has 0 aliphatic carbocycles. The zero-order valence-corrected chi connectivity index (χ0v) is 23.0. The van der Waals surface area contributed by atoms with Gasteiger partial charge in [0.2, 0.25) is 10.0 Å². The lowest BCUT2D eigenvalue weighted by Crippen LogP contribution is -2.47. The van der Waals surface area contributed by atoms with Crippen molar-refractivity contribution in [3.8, 4) is 5.75 Å². The molecular weight excluding hydrogens is 470 g/mol. The highest BCUT2D eigenvalue weighted by Crippen LogP contribution is 2.29. The first-order valence-corrected chi connectivity index (χ1v) is 14.1. The second kappa shape index (κ2) is 12.9. The molecule has 1 aliphatic rings. The Bertz CT molecular complexity index is 939. The van der Waals surface area contributed by atoms with Gasteiger partial charge in [-0.05, 0) is 51.3 Å². The van der Waals surface area contributed by atoms with E-state index in [0.29, 0.717) is 24.5 Å². The lowest BCUT2D eigenvalue weighted by atomic mass is 10.0. The monoisotopic (exact) mass is 513 g/mol. The Labute approximate surface area is 211 Å². The maximum atomic E-state index is 13.9. The van der Waals surface area contributed by atoms with E-state index in [9.17, 15) is 18.3 Å². The molecule has 1 aromatic carbocycles. The van der Waals surface area contributed by atoms with Crippen LogP contribution in [0, 0.1) is 5.92 Å². The van der Waals surface area contributed by atoms with Crippen molar-refractivity contribution in [2.45, 2.75) is 58.3 Å². The number of amides is 1. The van der Waals surface area contributed by atoms with Crippen LogP contribution in [0.2, 0.25) is 0 Å². The highest BCUT2D eigenvalue weighted by atomic mass is 32.2. The van der Waals surface area contributed by atoms with Gasteiger partial charge in [-0.15, -0.1) is 0 Å². The fourth-order valence-corrected chi connectivity index (χ4v) is 4.46. The number of carbonyl (C=O) groups excluding carboxylic acids is 1. The minimum absolute atomic E-state index is 0.0931. The van der Waals surface area contributed by atoms with Crippen molar-refractivity contribution in [3.05, 3.63) is 23.8 Å². The van der Waals surface area contributed by atoms with Gasteiger partial charge in [0.05, 0.1) is 36.7 Å². The third kappa shape index (κ3) is 8.34. The number of aliphatic hydroxyl groups excluding tert-OH is 1. The van der Waals surface area contributed by atoms with Gasteiger partial charge in [-0.1, -0.05) is 6.92 Å². The molecule has 1 N–H and O–H groups in total. The molecule has 1 aromatic rings. The van der Waals surface area contributed by atoms with Crippen LogP contribution in [0.25, 0.3) is 0 Å². The molecular formula is C25H43N3O6S. The summed E-state index contributed by atoms with van der Waals surface area (Å²) in [6, 6.07) is 5.14. The standard InChI is InChI=1S/C25H43N3O6S/c1-18-15-28(19(2)17-29)25(30)22-14-21(26(4)5)11-12-23(22)34-20(3)10-8-9-13-33-24(18)16-27(6)35(7,31)32/h11-12,14,18-20,24,29H,8-10,13,15-17H2,1-7H3/t18-,19-,20-,24-/m1/s1. The summed E-state index contributed by atoms with van der Waals surface area (Å²) in [4.78, 5) is 17.5. The van der Waals surface area contributed by atoms with E-state index in [2.05, 4.69) is 0 Å². The Balaban J connectivity index is 2.49. The van der Waals surface area contributed by atoms with Gasteiger partial charge in [0, 0.05) is 52.4 Å². The lowest BCUT2D eigenvalue weighted by molar-refractivity contribution is -0.00828. The van der Waals surface area contributed by atoms with E-state index < -0.39 is 22.2 Å². The largest absolute Gasteiger partial charge is 0.490 e. The van der Waals surface area contributed by atoms with Gasteiger partial charge in [-0.2, -0.15) is 0 Å². The van der Waals surface area contributed by atoms with E-state index in [4.69, 9.17) is 9.47 Å². The first-order valence-electron chi connectivity index (χ1n) is 12.3. The molecule has 1 heterocycles. The first-order chi connectivity index (χ1) is 16.3. The molecule has 35 heavy (non-hydrogen) atoms. The predicted octanol–water partition coefficient (Wildman–Crippen LogP) is 2.44. The summed E-state index contributed by atoms with van der Waals surface area (Å²) in [5, 5.41) is 9.96. The summed E-state index contributed by atoms with van der Waals surface area (Å²) >= 11 is 0. The number of likely N-dealkylation sites (N-methyl/N-ethyl adjacent to an activating group) is 1. The average molecular weight is 514 g/mol. The van der Waals surface area contributed by atoms with E-state index >= 15 is 0 Å². The van der Waals surface area contributed by atoms with Gasteiger partial charge >= 0.3 is 0 Å². The van der Waals surface area contributed by atoms with Crippen LogP contribution in [0.1, 0.15) is 50.4 Å². The van der Waals surface area contributed by atoms with Crippen molar-refractivity contribution in [2.24, 2.45) is 5.92 Å². The maximum Gasteiger partial charge on any atom is 0.258 e. The van der Waals surface area contributed by atoms with Crippen molar-refractivity contribution in [1.29, 1.82) is 0 Å². The molecule has 0 radical (unpaired) electrons. The fraction of sp³-hybridized carbons (Fsp3) is 0.720. The topological polar surface area (TPSA) is 99.6 Å². The molecule has 0 spiro atoms. The summed E-state index contributed by atoms with van der Waals surface area (Å²) in [5.41, 5.74) is 1.31. The molecule has 0 bridgehead atoms. The maximum absolute atomic E-state index is 13.9. The number of carbonyl (C=O) groups is 1. The molecule has 0 aromatic heterocycles. The van der Waals surface area contributed by atoms with Crippen molar-refractivity contribution >= 4 is 21.6 Å². The van der Waals surface area contributed by atoms with Gasteiger partial charge < -0.3 is 24.4 Å². The number of sulfonamides is 1. The summed E-state index contributed by atoms with van der Waals surface area (Å²) in [5.74, 6) is 0.106. The van der Waals surface area contributed by atoms with Gasteiger partial charge in [0.1, 0.15) is 5.75 Å². The van der Waals surface area contributed by atoms with Gasteiger partial charge in [0.15, 0.2) is 0 Å². The quantitative estimate of drug-likeness (QED) is 0.624. The van der Waals surface area contributed by atoms with E-state index in [1.54, 1.807) is 11.8 Å². The molecule has 200 valence electrons. The van der Waals surface area contributed by atoms with Crippen LogP contribution >= 0.6 is 0 Å². The lowest BCUT2D eigenvalue weighted by Gasteiger charge is -2.35. The molecule has 4 atom stereocenters. The van der Waals surface area contributed by atoms with Crippen molar-refractivity contribution in [3.63, 3.8) is 0 Å². The predicted molar refractivity (Wildman–Crippen MR) is 139 cm³/mol. The first kappa shape index (κ1) is 29.4. The van der Waals surface area contributed by atoms with Crippen LogP contribution in [0.15, 0.2) is 18.2 Å². The van der Waals surface area contributed by atoms with Gasteiger partial charge in [-0.25, -0.2) is 12.7 Å². The van der Waals surface area contributed by atoms with Crippen LogP contribution in [-0.2, 0) is 14.8 Å². The van der Waals surface area contributed by atoms with Crippen LogP contribution < -0.4 is 9.64 Å². The number of aliphatic hydroxyl groups is 1. The second-order valence-corrected chi connectivity index (χ2v) is 12.0. The van der Waals surface area contributed by atoms with Crippen LogP contribution in [0.5, 0.6) is 5.75 Å². The molecule has 10 heteroatoms. The molecule has 9 nitrogen and oxygen atoms in total. The van der Waals surface area contributed by atoms with Gasteiger partial charge in [-0.3, -0.25) is 4.79 Å². The number of fused-ring (bicyclic) bond motifs is 1. The zero-order chi connectivity index (χ0) is 26.3. The third-order valence-corrected chi connectivity index (χ3v) is 7.84. The number of ether oxygens (including phenoxy) is 2. The summed E-state index contributed by atoms with van der Waals surface area (Å²) in [6.07, 6.45) is 3.18.